The quantitative estimate of drug-likeness (QED) is 0.793. The molecule has 0 saturated heterocycles. The summed E-state index contributed by atoms with van der Waals surface area (Å²) in [6, 6.07) is 12.1. The van der Waals surface area contributed by atoms with Gasteiger partial charge in [-0.1, -0.05) is 36.4 Å². The Balaban J connectivity index is 1.74. The summed E-state index contributed by atoms with van der Waals surface area (Å²) >= 11 is 0. The first-order valence-corrected chi connectivity index (χ1v) is 8.25. The van der Waals surface area contributed by atoms with Gasteiger partial charge in [0.05, 0.1) is 0 Å². The van der Waals surface area contributed by atoms with Crippen molar-refractivity contribution < 1.29 is 9.53 Å². The van der Waals surface area contributed by atoms with Gasteiger partial charge in [-0.05, 0) is 61.9 Å². The molecular weight excluding hydrogens is 300 g/mol. The highest BCUT2D eigenvalue weighted by molar-refractivity contribution is 5.73. The molecule has 0 aliphatic heterocycles. The Morgan fingerprint density at radius 2 is 1.62 bits per heavy atom. The average molecular weight is 326 g/mol. The van der Waals surface area contributed by atoms with Crippen LogP contribution in [0.25, 0.3) is 0 Å². The monoisotopic (exact) mass is 326 g/mol. The molecule has 0 bridgehead atoms. The highest BCUT2D eigenvalue weighted by Gasteiger charge is 2.07. The number of carbonyl (C=O) groups is 1. The van der Waals surface area contributed by atoms with Gasteiger partial charge in [-0.15, -0.1) is 0 Å². The lowest BCUT2D eigenvalue weighted by atomic mass is 10.1. The first-order valence-electron chi connectivity index (χ1n) is 8.25. The molecule has 0 heterocycles. The molecule has 2 rings (SSSR count). The van der Waals surface area contributed by atoms with Gasteiger partial charge in [0.2, 0.25) is 0 Å². The first-order chi connectivity index (χ1) is 11.5. The van der Waals surface area contributed by atoms with E-state index in [0.29, 0.717) is 6.54 Å². The van der Waals surface area contributed by atoms with E-state index in [2.05, 4.69) is 35.8 Å². The van der Waals surface area contributed by atoms with Crippen molar-refractivity contribution in [1.29, 1.82) is 0 Å². The second-order valence-corrected chi connectivity index (χ2v) is 6.05. The molecule has 0 fully saturated rings. The topological polar surface area (TPSA) is 50.4 Å². The summed E-state index contributed by atoms with van der Waals surface area (Å²) in [5.74, 6) is 0.843. The number of amides is 2. The normalized spacial score (nSPS) is 10.3. The van der Waals surface area contributed by atoms with Crippen LogP contribution in [0.4, 0.5) is 4.79 Å². The van der Waals surface area contributed by atoms with Crippen LogP contribution in [0.15, 0.2) is 36.4 Å². The van der Waals surface area contributed by atoms with E-state index in [1.54, 1.807) is 0 Å². The maximum Gasteiger partial charge on any atom is 0.317 e. The number of hydrogen-bond donors (Lipinski definition) is 2. The van der Waals surface area contributed by atoms with Crippen LogP contribution in [0.2, 0.25) is 0 Å². The molecule has 0 aliphatic carbocycles. The van der Waals surface area contributed by atoms with Crippen LogP contribution in [0.5, 0.6) is 5.75 Å². The molecule has 4 nitrogen and oxygen atoms in total. The van der Waals surface area contributed by atoms with Gasteiger partial charge in [-0.2, -0.15) is 0 Å². The number of rotatable bonds is 6. The number of carbonyl (C=O) groups excluding carboxylic acids is 1. The van der Waals surface area contributed by atoms with Gasteiger partial charge in [0.15, 0.2) is 6.73 Å². The van der Waals surface area contributed by atoms with E-state index in [4.69, 9.17) is 4.74 Å². The fourth-order valence-corrected chi connectivity index (χ4v) is 2.59. The van der Waals surface area contributed by atoms with Crippen LogP contribution in [0.3, 0.4) is 0 Å². The summed E-state index contributed by atoms with van der Waals surface area (Å²) in [5, 5.41) is 5.59. The molecule has 0 atom stereocenters. The molecular formula is C20H26N2O2. The van der Waals surface area contributed by atoms with E-state index in [1.807, 2.05) is 39.0 Å². The van der Waals surface area contributed by atoms with Crippen LogP contribution in [0, 0.1) is 27.7 Å². The van der Waals surface area contributed by atoms with Crippen molar-refractivity contribution in [2.45, 2.75) is 34.1 Å². The second-order valence-electron chi connectivity index (χ2n) is 6.05. The van der Waals surface area contributed by atoms with Gasteiger partial charge in [0.1, 0.15) is 5.75 Å². The summed E-state index contributed by atoms with van der Waals surface area (Å²) in [6.07, 6.45) is 0.817. The Morgan fingerprint density at radius 1 is 0.917 bits per heavy atom. The van der Waals surface area contributed by atoms with Crippen LogP contribution in [-0.4, -0.2) is 19.3 Å². The predicted molar refractivity (Wildman–Crippen MR) is 97.6 cm³/mol. The Morgan fingerprint density at radius 3 is 2.38 bits per heavy atom. The molecule has 128 valence electrons. The molecule has 2 amide bonds. The fourth-order valence-electron chi connectivity index (χ4n) is 2.59. The van der Waals surface area contributed by atoms with Gasteiger partial charge in [-0.3, -0.25) is 0 Å². The highest BCUT2D eigenvalue weighted by Crippen LogP contribution is 2.25. The third-order valence-corrected chi connectivity index (χ3v) is 4.26. The standard InChI is InChI=1S/C20H26N2O2/c1-14-9-10-16(3)19(17(14)4)24-13-22-20(23)21-12-11-18-8-6-5-7-15(18)2/h5-10H,11-13H2,1-4H3,(H2,21,22,23). The van der Waals surface area contributed by atoms with Crippen LogP contribution in [-0.2, 0) is 6.42 Å². The molecule has 0 radical (unpaired) electrons. The molecule has 0 spiro atoms. The van der Waals surface area contributed by atoms with Crippen molar-refractivity contribution in [3.63, 3.8) is 0 Å². The average Bonchev–Trinajstić information content (AvgIpc) is 2.56. The molecule has 0 saturated carbocycles. The molecule has 2 N–H and O–H groups in total. The lowest BCUT2D eigenvalue weighted by Gasteiger charge is -2.15. The molecule has 2 aromatic rings. The van der Waals surface area contributed by atoms with E-state index >= 15 is 0 Å². The Kier molecular flexibility index (Phi) is 6.24. The van der Waals surface area contributed by atoms with E-state index < -0.39 is 0 Å². The van der Waals surface area contributed by atoms with Crippen LogP contribution >= 0.6 is 0 Å². The number of nitrogens with one attached hydrogen (secondary N) is 2. The number of hydrogen-bond acceptors (Lipinski definition) is 2. The third kappa shape index (κ3) is 4.75. The minimum atomic E-state index is -0.216. The molecule has 0 aromatic heterocycles. The van der Waals surface area contributed by atoms with Gasteiger partial charge in [-0.25, -0.2) is 4.79 Å². The Labute approximate surface area is 144 Å². The number of benzene rings is 2. The van der Waals surface area contributed by atoms with E-state index in [1.165, 1.54) is 16.7 Å². The van der Waals surface area contributed by atoms with E-state index in [0.717, 1.165) is 23.3 Å². The van der Waals surface area contributed by atoms with Gasteiger partial charge in [0, 0.05) is 6.54 Å². The summed E-state index contributed by atoms with van der Waals surface area (Å²) in [7, 11) is 0. The number of ether oxygens (including phenoxy) is 1. The van der Waals surface area contributed by atoms with Crippen molar-refractivity contribution in [2.24, 2.45) is 0 Å². The highest BCUT2D eigenvalue weighted by atomic mass is 16.5. The van der Waals surface area contributed by atoms with Crippen molar-refractivity contribution in [3.05, 3.63) is 64.2 Å². The summed E-state index contributed by atoms with van der Waals surface area (Å²) in [4.78, 5) is 11.8. The van der Waals surface area contributed by atoms with Crippen LogP contribution < -0.4 is 15.4 Å². The maximum absolute atomic E-state index is 11.8. The summed E-state index contributed by atoms with van der Waals surface area (Å²) in [5.41, 5.74) is 5.85. The van der Waals surface area contributed by atoms with E-state index in [9.17, 15) is 4.79 Å². The summed E-state index contributed by atoms with van der Waals surface area (Å²) < 4.78 is 5.73. The minimum Gasteiger partial charge on any atom is -0.473 e. The van der Waals surface area contributed by atoms with E-state index in [-0.39, 0.29) is 12.8 Å². The van der Waals surface area contributed by atoms with Gasteiger partial charge < -0.3 is 15.4 Å². The Hall–Kier alpha value is -2.49. The van der Waals surface area contributed by atoms with Crippen molar-refractivity contribution in [2.75, 3.05) is 13.3 Å². The number of aryl methyl sites for hydroxylation is 3. The second kappa shape index (κ2) is 8.39. The number of urea groups is 1. The lowest BCUT2D eigenvalue weighted by Crippen LogP contribution is -2.38. The SMILES string of the molecule is Cc1ccccc1CCNC(=O)NCOc1c(C)ccc(C)c1C. The van der Waals surface area contributed by atoms with Gasteiger partial charge in [0.25, 0.3) is 0 Å². The van der Waals surface area contributed by atoms with Crippen molar-refractivity contribution >= 4 is 6.03 Å². The van der Waals surface area contributed by atoms with Gasteiger partial charge >= 0.3 is 6.03 Å². The largest absolute Gasteiger partial charge is 0.473 e. The fraction of sp³-hybridized carbons (Fsp3) is 0.350. The summed E-state index contributed by atoms with van der Waals surface area (Å²) in [6.45, 7) is 8.91. The van der Waals surface area contributed by atoms with Crippen molar-refractivity contribution in [3.8, 4) is 5.75 Å². The first kappa shape index (κ1) is 17.9. The zero-order valence-electron chi connectivity index (χ0n) is 14.9. The molecule has 4 heteroatoms. The molecule has 0 aliphatic rings. The molecule has 0 unspecified atom stereocenters. The van der Waals surface area contributed by atoms with Crippen LogP contribution in [0.1, 0.15) is 27.8 Å². The third-order valence-electron chi connectivity index (χ3n) is 4.26. The minimum absolute atomic E-state index is 0.154. The Bertz CT molecular complexity index is 711. The molecule has 24 heavy (non-hydrogen) atoms. The smallest absolute Gasteiger partial charge is 0.317 e. The zero-order valence-corrected chi connectivity index (χ0v) is 14.9. The molecule has 2 aromatic carbocycles. The predicted octanol–water partition coefficient (Wildman–Crippen LogP) is 3.80. The van der Waals surface area contributed by atoms with Crippen molar-refractivity contribution in [1.82, 2.24) is 10.6 Å². The lowest BCUT2D eigenvalue weighted by molar-refractivity contribution is 0.223. The maximum atomic E-state index is 11.8. The zero-order chi connectivity index (χ0) is 17.5.